The summed E-state index contributed by atoms with van der Waals surface area (Å²) in [5.41, 5.74) is 0.211. The van der Waals surface area contributed by atoms with Crippen LogP contribution in [0.2, 0.25) is 0 Å². The molecule has 0 aliphatic rings. The summed E-state index contributed by atoms with van der Waals surface area (Å²) >= 11 is 3.21. The molecule has 7 nitrogen and oxygen atoms in total. The number of hydrogen-bond donors (Lipinski definition) is 1. The molecular formula is C14H13BrN2O5S. The molecule has 2 aromatic rings. The van der Waals surface area contributed by atoms with E-state index in [9.17, 15) is 18.5 Å². The zero-order valence-electron chi connectivity index (χ0n) is 12.2. The van der Waals surface area contributed by atoms with Gasteiger partial charge in [0.2, 0.25) is 0 Å². The first-order valence-corrected chi connectivity index (χ1v) is 8.64. The predicted molar refractivity (Wildman–Crippen MR) is 89.3 cm³/mol. The van der Waals surface area contributed by atoms with Crippen molar-refractivity contribution in [2.75, 3.05) is 11.8 Å². The van der Waals surface area contributed by atoms with E-state index in [4.69, 9.17) is 4.74 Å². The Morgan fingerprint density at radius 1 is 1.26 bits per heavy atom. The Bertz CT molecular complexity index is 867. The fourth-order valence-corrected chi connectivity index (χ4v) is 3.82. The number of anilines is 1. The maximum absolute atomic E-state index is 12.6. The molecule has 122 valence electrons. The van der Waals surface area contributed by atoms with Crippen LogP contribution in [0.4, 0.5) is 11.4 Å². The van der Waals surface area contributed by atoms with Crippen molar-refractivity contribution in [1.82, 2.24) is 0 Å². The van der Waals surface area contributed by atoms with Crippen molar-refractivity contribution < 1.29 is 18.1 Å². The Labute approximate surface area is 141 Å². The van der Waals surface area contributed by atoms with E-state index in [0.29, 0.717) is 4.47 Å². The van der Waals surface area contributed by atoms with Crippen molar-refractivity contribution in [2.45, 2.75) is 11.8 Å². The molecule has 0 aliphatic carbocycles. The first-order valence-electron chi connectivity index (χ1n) is 6.36. The highest BCUT2D eigenvalue weighted by Gasteiger charge is 2.22. The number of nitro benzene ring substituents is 1. The van der Waals surface area contributed by atoms with E-state index in [0.717, 1.165) is 0 Å². The highest BCUT2D eigenvalue weighted by molar-refractivity contribution is 9.10. The minimum absolute atomic E-state index is 0.0692. The monoisotopic (exact) mass is 400 g/mol. The number of sulfonamides is 1. The van der Waals surface area contributed by atoms with Crippen LogP contribution in [0.25, 0.3) is 0 Å². The molecule has 0 radical (unpaired) electrons. The van der Waals surface area contributed by atoms with Crippen LogP contribution < -0.4 is 9.46 Å². The van der Waals surface area contributed by atoms with Crippen molar-refractivity contribution in [3.8, 4) is 5.75 Å². The second-order valence-corrected chi connectivity index (χ2v) is 7.17. The number of nitrogens with one attached hydrogen (secondary N) is 1. The molecule has 0 unspecified atom stereocenters. The average Bonchev–Trinajstić information content (AvgIpc) is 2.49. The van der Waals surface area contributed by atoms with E-state index < -0.39 is 14.9 Å². The lowest BCUT2D eigenvalue weighted by atomic mass is 10.2. The minimum Gasteiger partial charge on any atom is -0.495 e. The van der Waals surface area contributed by atoms with E-state index in [1.807, 2.05) is 0 Å². The van der Waals surface area contributed by atoms with Gasteiger partial charge in [-0.2, -0.15) is 0 Å². The number of halogens is 1. The lowest BCUT2D eigenvalue weighted by molar-refractivity contribution is -0.385. The lowest BCUT2D eigenvalue weighted by Gasteiger charge is -2.13. The topological polar surface area (TPSA) is 98.5 Å². The zero-order valence-corrected chi connectivity index (χ0v) is 14.6. The van der Waals surface area contributed by atoms with Gasteiger partial charge in [-0.25, -0.2) is 8.42 Å². The molecule has 0 amide bonds. The number of rotatable bonds is 5. The van der Waals surface area contributed by atoms with Crippen LogP contribution in [0, 0.1) is 17.0 Å². The molecule has 0 atom stereocenters. The minimum atomic E-state index is -3.97. The van der Waals surface area contributed by atoms with Crippen LogP contribution >= 0.6 is 15.9 Å². The van der Waals surface area contributed by atoms with Gasteiger partial charge in [0.1, 0.15) is 10.6 Å². The molecule has 0 bridgehead atoms. The molecule has 0 saturated carbocycles. The highest BCUT2D eigenvalue weighted by Crippen LogP contribution is 2.31. The standard InChI is InChI=1S/C14H13BrN2O5S/c1-9-11(4-3-5-12(9)17(18)19)16-23(20,21)14-8-10(15)6-7-13(14)22-2/h3-8,16H,1-2H3. The van der Waals surface area contributed by atoms with Crippen LogP contribution in [0.1, 0.15) is 5.56 Å². The summed E-state index contributed by atoms with van der Waals surface area (Å²) in [7, 11) is -2.61. The molecule has 23 heavy (non-hydrogen) atoms. The fourth-order valence-electron chi connectivity index (χ4n) is 1.99. The second-order valence-electron chi connectivity index (χ2n) is 4.61. The van der Waals surface area contributed by atoms with Gasteiger partial charge >= 0.3 is 0 Å². The Morgan fingerprint density at radius 3 is 2.57 bits per heavy atom. The zero-order chi connectivity index (χ0) is 17.2. The van der Waals surface area contributed by atoms with Crippen molar-refractivity contribution >= 4 is 37.3 Å². The normalized spacial score (nSPS) is 11.1. The van der Waals surface area contributed by atoms with Gasteiger partial charge in [-0.3, -0.25) is 14.8 Å². The third kappa shape index (κ3) is 3.62. The molecule has 2 aromatic carbocycles. The number of hydrogen-bond acceptors (Lipinski definition) is 5. The molecule has 9 heteroatoms. The van der Waals surface area contributed by atoms with E-state index >= 15 is 0 Å². The molecule has 2 rings (SSSR count). The molecule has 0 heterocycles. The Balaban J connectivity index is 2.50. The van der Waals surface area contributed by atoms with Crippen LogP contribution in [0.3, 0.4) is 0 Å². The predicted octanol–water partition coefficient (Wildman–Crippen LogP) is 3.48. The van der Waals surface area contributed by atoms with Crippen molar-refractivity contribution in [2.24, 2.45) is 0 Å². The molecule has 0 spiro atoms. The maximum Gasteiger partial charge on any atom is 0.274 e. The molecule has 0 aromatic heterocycles. The number of nitro groups is 1. The lowest BCUT2D eigenvalue weighted by Crippen LogP contribution is -2.15. The van der Waals surface area contributed by atoms with Crippen molar-refractivity contribution in [3.05, 3.63) is 56.5 Å². The molecule has 0 saturated heterocycles. The summed E-state index contributed by atoms with van der Waals surface area (Å²) < 4.78 is 33.2. The van der Waals surface area contributed by atoms with Crippen molar-refractivity contribution in [1.29, 1.82) is 0 Å². The fraction of sp³-hybridized carbons (Fsp3) is 0.143. The van der Waals surface area contributed by atoms with Crippen LogP contribution in [-0.4, -0.2) is 20.5 Å². The number of nitrogens with zero attached hydrogens (tertiary/aromatic N) is 1. The smallest absolute Gasteiger partial charge is 0.274 e. The van der Waals surface area contributed by atoms with E-state index in [-0.39, 0.29) is 27.6 Å². The summed E-state index contributed by atoms with van der Waals surface area (Å²) in [4.78, 5) is 10.3. The van der Waals surface area contributed by atoms with Gasteiger partial charge in [0.25, 0.3) is 15.7 Å². The summed E-state index contributed by atoms with van der Waals surface area (Å²) in [6, 6.07) is 8.75. The first kappa shape index (κ1) is 17.2. The number of methoxy groups -OCH3 is 1. The summed E-state index contributed by atoms with van der Waals surface area (Å²) in [6.45, 7) is 1.48. The van der Waals surface area contributed by atoms with Crippen molar-refractivity contribution in [3.63, 3.8) is 0 Å². The SMILES string of the molecule is COc1ccc(Br)cc1S(=O)(=O)Nc1cccc([N+](=O)[O-])c1C. The summed E-state index contributed by atoms with van der Waals surface area (Å²) in [5, 5.41) is 11.0. The molecule has 0 aliphatic heterocycles. The Kier molecular flexibility index (Phi) is 4.90. The summed E-state index contributed by atoms with van der Waals surface area (Å²) in [5.74, 6) is 0.170. The molecule has 1 N–H and O–H groups in total. The number of ether oxygens (including phenoxy) is 1. The maximum atomic E-state index is 12.6. The van der Waals surface area contributed by atoms with Gasteiger partial charge in [-0.15, -0.1) is 0 Å². The van der Waals surface area contributed by atoms with Gasteiger partial charge in [0.15, 0.2) is 0 Å². The first-order chi connectivity index (χ1) is 10.8. The van der Waals surface area contributed by atoms with Crippen LogP contribution in [0.5, 0.6) is 5.75 Å². The van der Waals surface area contributed by atoms with Gasteiger partial charge in [0.05, 0.1) is 23.3 Å². The Hall–Kier alpha value is -2.13. The average molecular weight is 401 g/mol. The third-order valence-corrected chi connectivity index (χ3v) is 5.04. The highest BCUT2D eigenvalue weighted by atomic mass is 79.9. The van der Waals surface area contributed by atoms with Gasteiger partial charge in [-0.05, 0) is 31.2 Å². The van der Waals surface area contributed by atoms with Crippen LogP contribution in [0.15, 0.2) is 45.8 Å². The van der Waals surface area contributed by atoms with E-state index in [2.05, 4.69) is 20.7 Å². The van der Waals surface area contributed by atoms with E-state index in [1.54, 1.807) is 6.07 Å². The number of benzene rings is 2. The molecular weight excluding hydrogens is 388 g/mol. The van der Waals surface area contributed by atoms with Gasteiger partial charge < -0.3 is 4.74 Å². The van der Waals surface area contributed by atoms with E-state index in [1.165, 1.54) is 44.4 Å². The van der Waals surface area contributed by atoms with Gasteiger partial charge in [-0.1, -0.05) is 22.0 Å². The largest absolute Gasteiger partial charge is 0.495 e. The van der Waals surface area contributed by atoms with Crippen LogP contribution in [-0.2, 0) is 10.0 Å². The van der Waals surface area contributed by atoms with Gasteiger partial charge in [0, 0.05) is 10.5 Å². The second kappa shape index (κ2) is 6.55. The summed E-state index contributed by atoms with van der Waals surface area (Å²) in [6.07, 6.45) is 0. The third-order valence-electron chi connectivity index (χ3n) is 3.16. The quantitative estimate of drug-likeness (QED) is 0.611. The molecule has 0 fully saturated rings. The Morgan fingerprint density at radius 2 is 1.96 bits per heavy atom.